The first-order valence-electron chi connectivity index (χ1n) is 5.06. The largest absolute Gasteiger partial charge is 0.369 e. The molecule has 0 spiro atoms. The van der Waals surface area contributed by atoms with Crippen LogP contribution >= 0.6 is 23.5 Å². The summed E-state index contributed by atoms with van der Waals surface area (Å²) in [6.45, 7) is 2.99. The predicted octanol–water partition coefficient (Wildman–Crippen LogP) is 2.05. The molecule has 2 rings (SSSR count). The van der Waals surface area contributed by atoms with Crippen LogP contribution in [0.1, 0.15) is 5.69 Å². The lowest BCUT2D eigenvalue weighted by Gasteiger charge is -2.21. The second kappa shape index (κ2) is 5.61. The molecule has 1 atom stereocenters. The first-order chi connectivity index (χ1) is 7.34. The van der Waals surface area contributed by atoms with E-state index in [-0.39, 0.29) is 0 Å². The molecule has 0 amide bonds. The summed E-state index contributed by atoms with van der Waals surface area (Å²) in [6.07, 6.45) is 1.61. The van der Waals surface area contributed by atoms with Crippen molar-refractivity contribution in [2.45, 2.75) is 12.2 Å². The predicted molar refractivity (Wildman–Crippen MR) is 68.8 cm³/mol. The van der Waals surface area contributed by atoms with E-state index >= 15 is 0 Å². The molecule has 15 heavy (non-hydrogen) atoms. The molecule has 1 aliphatic heterocycles. The van der Waals surface area contributed by atoms with Crippen LogP contribution in [0.15, 0.2) is 12.4 Å². The molecule has 1 unspecified atom stereocenters. The van der Waals surface area contributed by atoms with Crippen molar-refractivity contribution < 1.29 is 0 Å². The summed E-state index contributed by atoms with van der Waals surface area (Å²) in [4.78, 5) is 8.26. The lowest BCUT2D eigenvalue weighted by Crippen LogP contribution is -2.23. The molecule has 5 heteroatoms. The van der Waals surface area contributed by atoms with Crippen LogP contribution in [-0.2, 0) is 0 Å². The molecule has 3 nitrogen and oxygen atoms in total. The number of nitrogens with zero attached hydrogens (tertiary/aromatic N) is 2. The van der Waals surface area contributed by atoms with Gasteiger partial charge in [-0.3, -0.25) is 0 Å². The van der Waals surface area contributed by atoms with Crippen molar-refractivity contribution in [1.29, 1.82) is 0 Å². The summed E-state index contributed by atoms with van der Waals surface area (Å²) in [5, 5.41) is 4.09. The monoisotopic (exact) mass is 241 g/mol. The maximum atomic E-state index is 4.19. The van der Waals surface area contributed by atoms with E-state index in [4.69, 9.17) is 0 Å². The number of anilines is 1. The third-order valence-corrected chi connectivity index (χ3v) is 5.04. The van der Waals surface area contributed by atoms with Gasteiger partial charge >= 0.3 is 0 Å². The molecule has 0 saturated carbocycles. The molecule has 1 aromatic rings. The summed E-state index contributed by atoms with van der Waals surface area (Å²) in [6, 6.07) is 1.99. The first-order valence-corrected chi connectivity index (χ1v) is 7.27. The maximum absolute atomic E-state index is 4.19. The Labute approximate surface area is 98.9 Å². The van der Waals surface area contributed by atoms with Crippen LogP contribution in [-0.4, -0.2) is 39.0 Å². The minimum absolute atomic E-state index is 0.721. The van der Waals surface area contributed by atoms with Gasteiger partial charge in [0.05, 0.1) is 0 Å². The van der Waals surface area contributed by atoms with Gasteiger partial charge in [-0.1, -0.05) is 0 Å². The molecule has 2 heterocycles. The molecule has 0 aliphatic carbocycles. The maximum Gasteiger partial charge on any atom is 0.129 e. The minimum Gasteiger partial charge on any atom is -0.369 e. The average Bonchev–Trinajstić information content (AvgIpc) is 2.28. The van der Waals surface area contributed by atoms with E-state index in [2.05, 4.69) is 27.0 Å². The van der Waals surface area contributed by atoms with E-state index in [1.54, 1.807) is 6.33 Å². The van der Waals surface area contributed by atoms with E-state index in [1.807, 2.05) is 24.8 Å². The summed E-state index contributed by atoms with van der Waals surface area (Å²) >= 11 is 4.11. The second-order valence-corrected chi connectivity index (χ2v) is 6.05. The number of aromatic nitrogens is 2. The van der Waals surface area contributed by atoms with Gasteiger partial charge in [0, 0.05) is 40.8 Å². The van der Waals surface area contributed by atoms with E-state index in [1.165, 1.54) is 17.3 Å². The van der Waals surface area contributed by atoms with Crippen LogP contribution < -0.4 is 5.32 Å². The van der Waals surface area contributed by atoms with Crippen molar-refractivity contribution in [3.63, 3.8) is 0 Å². The topological polar surface area (TPSA) is 37.8 Å². The van der Waals surface area contributed by atoms with Gasteiger partial charge in [-0.2, -0.15) is 23.5 Å². The molecule has 0 aromatic carbocycles. The van der Waals surface area contributed by atoms with Crippen molar-refractivity contribution >= 4 is 29.3 Å². The number of hydrogen-bond acceptors (Lipinski definition) is 5. The lowest BCUT2D eigenvalue weighted by molar-refractivity contribution is 0.982. The Balaban J connectivity index is 1.81. The third kappa shape index (κ3) is 3.57. The molecule has 0 bridgehead atoms. The molecule has 1 N–H and O–H groups in total. The number of thioether (sulfide) groups is 2. The molecule has 82 valence electrons. The number of nitrogens with one attached hydrogen (secondary N) is 1. The molecule has 1 saturated heterocycles. The average molecular weight is 241 g/mol. The molecule has 0 radical (unpaired) electrons. The first kappa shape index (κ1) is 11.1. The summed E-state index contributed by atoms with van der Waals surface area (Å²) in [7, 11) is 0. The zero-order chi connectivity index (χ0) is 10.5. The highest BCUT2D eigenvalue weighted by atomic mass is 32.2. The summed E-state index contributed by atoms with van der Waals surface area (Å²) in [5.41, 5.74) is 1.01. The van der Waals surface area contributed by atoms with Gasteiger partial charge in [-0.05, 0) is 6.92 Å². The third-order valence-electron chi connectivity index (χ3n) is 2.20. The number of hydrogen-bond donors (Lipinski definition) is 1. The fourth-order valence-corrected chi connectivity index (χ4v) is 4.04. The van der Waals surface area contributed by atoms with Crippen molar-refractivity contribution in [3.8, 4) is 0 Å². The van der Waals surface area contributed by atoms with E-state index < -0.39 is 0 Å². The zero-order valence-electron chi connectivity index (χ0n) is 8.77. The Kier molecular flexibility index (Phi) is 4.14. The highest BCUT2D eigenvalue weighted by molar-refractivity contribution is 8.06. The zero-order valence-corrected chi connectivity index (χ0v) is 10.4. The second-order valence-electron chi connectivity index (χ2n) is 3.49. The highest BCUT2D eigenvalue weighted by Gasteiger charge is 2.13. The standard InChI is InChI=1S/C10H15N3S2/c1-8-4-10(13-7-12-8)11-5-9-6-14-2-3-15-9/h4,7,9H,2-3,5-6H2,1H3,(H,11,12,13). The molecule has 1 aliphatic rings. The smallest absolute Gasteiger partial charge is 0.129 e. The van der Waals surface area contributed by atoms with Crippen LogP contribution in [0.2, 0.25) is 0 Å². The van der Waals surface area contributed by atoms with Gasteiger partial charge in [-0.15, -0.1) is 0 Å². The van der Waals surface area contributed by atoms with Crippen LogP contribution in [0.4, 0.5) is 5.82 Å². The van der Waals surface area contributed by atoms with E-state index in [0.29, 0.717) is 0 Å². The van der Waals surface area contributed by atoms with Crippen LogP contribution in [0, 0.1) is 6.92 Å². The Bertz CT molecular complexity index is 313. The van der Waals surface area contributed by atoms with Crippen LogP contribution in [0.3, 0.4) is 0 Å². The summed E-state index contributed by atoms with van der Waals surface area (Å²) in [5.74, 6) is 4.77. The van der Waals surface area contributed by atoms with Gasteiger partial charge in [0.2, 0.25) is 0 Å². The fraction of sp³-hybridized carbons (Fsp3) is 0.600. The van der Waals surface area contributed by atoms with Crippen molar-refractivity contribution in [2.75, 3.05) is 29.1 Å². The fourth-order valence-electron chi connectivity index (χ4n) is 1.42. The van der Waals surface area contributed by atoms with E-state index in [0.717, 1.165) is 23.3 Å². The molecular weight excluding hydrogens is 226 g/mol. The minimum atomic E-state index is 0.721. The normalized spacial score (nSPS) is 21.3. The van der Waals surface area contributed by atoms with Crippen LogP contribution in [0.5, 0.6) is 0 Å². The Morgan fingerprint density at radius 1 is 1.47 bits per heavy atom. The lowest BCUT2D eigenvalue weighted by atomic mass is 10.4. The van der Waals surface area contributed by atoms with Gasteiger partial charge in [-0.25, -0.2) is 9.97 Å². The van der Waals surface area contributed by atoms with Gasteiger partial charge in [0.25, 0.3) is 0 Å². The Morgan fingerprint density at radius 3 is 3.13 bits per heavy atom. The molecular formula is C10H15N3S2. The molecule has 1 aromatic heterocycles. The quantitative estimate of drug-likeness (QED) is 0.876. The number of rotatable bonds is 3. The van der Waals surface area contributed by atoms with Crippen LogP contribution in [0.25, 0.3) is 0 Å². The van der Waals surface area contributed by atoms with Gasteiger partial charge < -0.3 is 5.32 Å². The Hall–Kier alpha value is -0.420. The van der Waals surface area contributed by atoms with Crippen molar-refractivity contribution in [3.05, 3.63) is 18.1 Å². The van der Waals surface area contributed by atoms with Gasteiger partial charge in [0.1, 0.15) is 12.1 Å². The highest BCUT2D eigenvalue weighted by Crippen LogP contribution is 2.23. The summed E-state index contributed by atoms with van der Waals surface area (Å²) < 4.78 is 0. The van der Waals surface area contributed by atoms with E-state index in [9.17, 15) is 0 Å². The molecule has 1 fully saturated rings. The van der Waals surface area contributed by atoms with Gasteiger partial charge in [0.15, 0.2) is 0 Å². The number of aryl methyl sites for hydroxylation is 1. The van der Waals surface area contributed by atoms with Crippen molar-refractivity contribution in [2.24, 2.45) is 0 Å². The SMILES string of the molecule is Cc1cc(NCC2CSCCS2)ncn1. The van der Waals surface area contributed by atoms with Crippen molar-refractivity contribution in [1.82, 2.24) is 9.97 Å². The Morgan fingerprint density at radius 2 is 2.40 bits per heavy atom.